The summed E-state index contributed by atoms with van der Waals surface area (Å²) in [6.45, 7) is 9.73. The molecule has 2 rings (SSSR count). The van der Waals surface area contributed by atoms with Crippen molar-refractivity contribution in [3.63, 3.8) is 0 Å². The third-order valence-electron chi connectivity index (χ3n) is 3.43. The minimum atomic E-state index is 0.760. The molecule has 4 nitrogen and oxygen atoms in total. The standard InChI is InChI=1S/C14H24N4/c1-4-7-15-14-16-9-12(3)13(17-14)18-8-5-6-11(2)10-18/h9,11H,4-8,10H2,1-3H3,(H,15,16,17). The van der Waals surface area contributed by atoms with Gasteiger partial charge in [-0.05, 0) is 32.1 Å². The molecule has 0 amide bonds. The van der Waals surface area contributed by atoms with Crippen LogP contribution >= 0.6 is 0 Å². The first kappa shape index (κ1) is 13.1. The summed E-state index contributed by atoms with van der Waals surface area (Å²) in [6.07, 6.45) is 5.62. The first-order valence-corrected chi connectivity index (χ1v) is 7.03. The summed E-state index contributed by atoms with van der Waals surface area (Å²) in [5, 5.41) is 3.26. The first-order valence-electron chi connectivity index (χ1n) is 7.03. The lowest BCUT2D eigenvalue weighted by molar-refractivity contribution is 0.444. The van der Waals surface area contributed by atoms with Gasteiger partial charge in [0.05, 0.1) is 0 Å². The van der Waals surface area contributed by atoms with E-state index in [4.69, 9.17) is 0 Å². The van der Waals surface area contributed by atoms with Crippen LogP contribution in [0, 0.1) is 12.8 Å². The summed E-state index contributed by atoms with van der Waals surface area (Å²) in [6, 6.07) is 0. The highest BCUT2D eigenvalue weighted by molar-refractivity contribution is 5.49. The number of rotatable bonds is 4. The Morgan fingerprint density at radius 1 is 1.50 bits per heavy atom. The quantitative estimate of drug-likeness (QED) is 0.889. The van der Waals surface area contributed by atoms with Gasteiger partial charge in [-0.1, -0.05) is 13.8 Å². The average Bonchev–Trinajstić information content (AvgIpc) is 2.38. The van der Waals surface area contributed by atoms with Gasteiger partial charge < -0.3 is 10.2 Å². The maximum Gasteiger partial charge on any atom is 0.224 e. The molecule has 4 heteroatoms. The van der Waals surface area contributed by atoms with Gasteiger partial charge in [0, 0.05) is 31.4 Å². The molecule has 1 fully saturated rings. The molecule has 0 bridgehead atoms. The number of hydrogen-bond donors (Lipinski definition) is 1. The molecule has 1 unspecified atom stereocenters. The molecule has 1 aliphatic rings. The van der Waals surface area contributed by atoms with Crippen molar-refractivity contribution in [2.45, 2.75) is 40.0 Å². The molecule has 1 aromatic heterocycles. The van der Waals surface area contributed by atoms with E-state index in [1.54, 1.807) is 0 Å². The Kier molecular flexibility index (Phi) is 4.39. The third kappa shape index (κ3) is 3.12. The van der Waals surface area contributed by atoms with Crippen molar-refractivity contribution in [1.82, 2.24) is 9.97 Å². The predicted molar refractivity (Wildman–Crippen MR) is 76.2 cm³/mol. The maximum absolute atomic E-state index is 4.67. The molecule has 1 atom stereocenters. The lowest BCUT2D eigenvalue weighted by Crippen LogP contribution is -2.35. The van der Waals surface area contributed by atoms with E-state index in [9.17, 15) is 0 Å². The van der Waals surface area contributed by atoms with Crippen LogP contribution in [0.5, 0.6) is 0 Å². The van der Waals surface area contributed by atoms with Crippen LogP contribution in [0.3, 0.4) is 0 Å². The highest BCUT2D eigenvalue weighted by Crippen LogP contribution is 2.24. The highest BCUT2D eigenvalue weighted by atomic mass is 15.2. The average molecular weight is 248 g/mol. The summed E-state index contributed by atoms with van der Waals surface area (Å²) in [5.74, 6) is 2.63. The molecule has 1 aliphatic heterocycles. The van der Waals surface area contributed by atoms with Gasteiger partial charge in [-0.15, -0.1) is 0 Å². The van der Waals surface area contributed by atoms with Crippen LogP contribution in [-0.2, 0) is 0 Å². The molecule has 0 radical (unpaired) electrons. The van der Waals surface area contributed by atoms with Gasteiger partial charge in [-0.2, -0.15) is 4.98 Å². The monoisotopic (exact) mass is 248 g/mol. The second-order valence-corrected chi connectivity index (χ2v) is 5.32. The van der Waals surface area contributed by atoms with E-state index in [0.29, 0.717) is 0 Å². The number of piperidine rings is 1. The summed E-state index contributed by atoms with van der Waals surface area (Å²) < 4.78 is 0. The molecule has 0 spiro atoms. The van der Waals surface area contributed by atoms with Gasteiger partial charge in [0.15, 0.2) is 0 Å². The fourth-order valence-electron chi connectivity index (χ4n) is 2.46. The van der Waals surface area contributed by atoms with Gasteiger partial charge in [-0.25, -0.2) is 4.98 Å². The number of aryl methyl sites for hydroxylation is 1. The van der Waals surface area contributed by atoms with Crippen molar-refractivity contribution >= 4 is 11.8 Å². The molecule has 1 saturated heterocycles. The molecule has 0 aliphatic carbocycles. The van der Waals surface area contributed by atoms with E-state index in [2.05, 4.69) is 41.0 Å². The Balaban J connectivity index is 2.14. The molecular weight excluding hydrogens is 224 g/mol. The zero-order valence-corrected chi connectivity index (χ0v) is 11.7. The Morgan fingerprint density at radius 2 is 2.33 bits per heavy atom. The molecule has 1 aromatic rings. The first-order chi connectivity index (χ1) is 8.70. The smallest absolute Gasteiger partial charge is 0.224 e. The van der Waals surface area contributed by atoms with Crippen LogP contribution in [-0.4, -0.2) is 29.6 Å². The summed E-state index contributed by atoms with van der Waals surface area (Å²) in [7, 11) is 0. The van der Waals surface area contributed by atoms with E-state index in [-0.39, 0.29) is 0 Å². The van der Waals surface area contributed by atoms with E-state index in [1.807, 2.05) is 6.20 Å². The van der Waals surface area contributed by atoms with Crippen LogP contribution in [0.25, 0.3) is 0 Å². The SMILES string of the molecule is CCCNc1ncc(C)c(N2CCCC(C)C2)n1. The van der Waals surface area contributed by atoms with E-state index < -0.39 is 0 Å². The van der Waals surface area contributed by atoms with Gasteiger partial charge in [0.2, 0.25) is 5.95 Å². The van der Waals surface area contributed by atoms with Crippen LogP contribution in [0.4, 0.5) is 11.8 Å². The molecular formula is C14H24N4. The normalized spacial score (nSPS) is 19.9. The predicted octanol–water partition coefficient (Wildman–Crippen LogP) is 2.84. The summed E-state index contributed by atoms with van der Waals surface area (Å²) in [5.41, 5.74) is 1.17. The number of nitrogens with one attached hydrogen (secondary N) is 1. The minimum Gasteiger partial charge on any atom is -0.356 e. The van der Waals surface area contributed by atoms with E-state index in [1.165, 1.54) is 18.4 Å². The van der Waals surface area contributed by atoms with Crippen molar-refractivity contribution in [3.05, 3.63) is 11.8 Å². The minimum absolute atomic E-state index is 0.760. The van der Waals surface area contributed by atoms with Crippen molar-refractivity contribution < 1.29 is 0 Å². The fourth-order valence-corrected chi connectivity index (χ4v) is 2.46. The maximum atomic E-state index is 4.67. The Labute approximate surface area is 110 Å². The van der Waals surface area contributed by atoms with Gasteiger partial charge in [0.25, 0.3) is 0 Å². The van der Waals surface area contributed by atoms with E-state index >= 15 is 0 Å². The lowest BCUT2D eigenvalue weighted by atomic mass is 10.0. The van der Waals surface area contributed by atoms with Crippen LogP contribution in [0.2, 0.25) is 0 Å². The van der Waals surface area contributed by atoms with Crippen molar-refractivity contribution in [2.75, 3.05) is 29.9 Å². The van der Waals surface area contributed by atoms with Crippen molar-refractivity contribution in [2.24, 2.45) is 5.92 Å². The van der Waals surface area contributed by atoms with Crippen LogP contribution in [0.15, 0.2) is 6.20 Å². The van der Waals surface area contributed by atoms with Gasteiger partial charge >= 0.3 is 0 Å². The Morgan fingerprint density at radius 3 is 3.06 bits per heavy atom. The third-order valence-corrected chi connectivity index (χ3v) is 3.43. The number of anilines is 2. The molecule has 1 N–H and O–H groups in total. The molecule has 2 heterocycles. The summed E-state index contributed by atoms with van der Waals surface area (Å²) in [4.78, 5) is 11.4. The molecule has 100 valence electrons. The molecule has 18 heavy (non-hydrogen) atoms. The van der Waals surface area contributed by atoms with E-state index in [0.717, 1.165) is 43.7 Å². The van der Waals surface area contributed by atoms with Crippen molar-refractivity contribution in [3.8, 4) is 0 Å². The lowest BCUT2D eigenvalue weighted by Gasteiger charge is -2.32. The van der Waals surface area contributed by atoms with Crippen molar-refractivity contribution in [1.29, 1.82) is 0 Å². The molecule has 0 aromatic carbocycles. The zero-order valence-electron chi connectivity index (χ0n) is 11.7. The fraction of sp³-hybridized carbons (Fsp3) is 0.714. The number of hydrogen-bond acceptors (Lipinski definition) is 4. The topological polar surface area (TPSA) is 41.1 Å². The number of aromatic nitrogens is 2. The molecule has 0 saturated carbocycles. The second-order valence-electron chi connectivity index (χ2n) is 5.32. The largest absolute Gasteiger partial charge is 0.356 e. The zero-order chi connectivity index (χ0) is 13.0. The highest BCUT2D eigenvalue weighted by Gasteiger charge is 2.19. The summed E-state index contributed by atoms with van der Waals surface area (Å²) >= 11 is 0. The Bertz CT molecular complexity index is 391. The Hall–Kier alpha value is -1.32. The van der Waals surface area contributed by atoms with Crippen LogP contribution in [0.1, 0.15) is 38.7 Å². The van der Waals surface area contributed by atoms with Gasteiger partial charge in [0.1, 0.15) is 5.82 Å². The second kappa shape index (κ2) is 6.03. The van der Waals surface area contributed by atoms with Crippen LogP contribution < -0.4 is 10.2 Å². The van der Waals surface area contributed by atoms with Gasteiger partial charge in [-0.3, -0.25) is 0 Å². The number of nitrogens with zero attached hydrogens (tertiary/aromatic N) is 3.